The highest BCUT2D eigenvalue weighted by Gasteiger charge is 2.17. The summed E-state index contributed by atoms with van der Waals surface area (Å²) in [5.41, 5.74) is 1.92. The van der Waals surface area contributed by atoms with Gasteiger partial charge in [-0.25, -0.2) is 8.42 Å². The minimum Gasteiger partial charge on any atom is -0.351 e. The molecule has 0 aliphatic heterocycles. The van der Waals surface area contributed by atoms with Crippen LogP contribution in [0.3, 0.4) is 0 Å². The number of para-hydroxylation sites is 1. The van der Waals surface area contributed by atoms with Gasteiger partial charge in [0.25, 0.3) is 15.9 Å². The van der Waals surface area contributed by atoms with Crippen LogP contribution in [0.15, 0.2) is 53.4 Å². The van der Waals surface area contributed by atoms with E-state index in [0.717, 1.165) is 12.1 Å². The molecule has 0 unspecified atom stereocenters. The fourth-order valence-corrected chi connectivity index (χ4v) is 3.67. The van der Waals surface area contributed by atoms with E-state index in [9.17, 15) is 13.2 Å². The van der Waals surface area contributed by atoms with Gasteiger partial charge in [-0.05, 0) is 55.9 Å². The molecule has 0 fully saturated rings. The van der Waals surface area contributed by atoms with Crippen molar-refractivity contribution in [2.75, 3.05) is 31.9 Å². The Morgan fingerprint density at radius 2 is 1.67 bits per heavy atom. The summed E-state index contributed by atoms with van der Waals surface area (Å²) in [6, 6.07) is 13.3. The number of carbonyl (C=O) groups is 1. The van der Waals surface area contributed by atoms with Gasteiger partial charge in [-0.15, -0.1) is 0 Å². The third-order valence-electron chi connectivity index (χ3n) is 4.10. The lowest BCUT2D eigenvalue weighted by atomic mass is 10.0. The lowest BCUT2D eigenvalue weighted by Crippen LogP contribution is -2.31. The van der Waals surface area contributed by atoms with Crippen molar-refractivity contribution in [3.05, 3.63) is 59.7 Å². The number of sulfonamides is 1. The highest BCUT2D eigenvalue weighted by atomic mass is 32.2. The zero-order valence-electron chi connectivity index (χ0n) is 16.2. The Bertz CT molecular complexity index is 876. The number of likely N-dealkylation sites (N-methyl/N-ethyl adjacent to an activating group) is 1. The third kappa shape index (κ3) is 5.80. The number of anilines is 1. The zero-order valence-corrected chi connectivity index (χ0v) is 17.0. The van der Waals surface area contributed by atoms with Gasteiger partial charge in [0.05, 0.1) is 10.6 Å². The highest BCUT2D eigenvalue weighted by Crippen LogP contribution is 2.26. The number of nitrogens with zero attached hydrogens (tertiary/aromatic N) is 1. The number of carbonyl (C=O) groups excluding carboxylic acids is 1. The molecule has 0 spiro atoms. The van der Waals surface area contributed by atoms with E-state index in [1.807, 2.05) is 45.0 Å². The van der Waals surface area contributed by atoms with Gasteiger partial charge in [0.1, 0.15) is 0 Å². The highest BCUT2D eigenvalue weighted by molar-refractivity contribution is 7.92. The minimum absolute atomic E-state index is 0.117. The van der Waals surface area contributed by atoms with Gasteiger partial charge < -0.3 is 10.2 Å². The number of hydrogen-bond acceptors (Lipinski definition) is 4. The van der Waals surface area contributed by atoms with E-state index in [4.69, 9.17) is 0 Å². The Labute approximate surface area is 161 Å². The average molecular weight is 390 g/mol. The quantitative estimate of drug-likeness (QED) is 0.728. The maximum absolute atomic E-state index is 12.7. The third-order valence-corrected chi connectivity index (χ3v) is 5.48. The van der Waals surface area contributed by atoms with Crippen molar-refractivity contribution >= 4 is 21.6 Å². The monoisotopic (exact) mass is 389 g/mol. The molecule has 0 atom stereocenters. The topological polar surface area (TPSA) is 78.5 Å². The van der Waals surface area contributed by atoms with Crippen LogP contribution in [0.25, 0.3) is 0 Å². The molecular weight excluding hydrogens is 362 g/mol. The Kier molecular flexibility index (Phi) is 6.98. The fraction of sp³-hybridized carbons (Fsp3) is 0.350. The van der Waals surface area contributed by atoms with Gasteiger partial charge in [-0.2, -0.15) is 0 Å². The number of rotatable bonds is 8. The van der Waals surface area contributed by atoms with Crippen LogP contribution < -0.4 is 10.0 Å². The molecule has 0 bridgehead atoms. The molecule has 27 heavy (non-hydrogen) atoms. The van der Waals surface area contributed by atoms with E-state index in [1.165, 1.54) is 24.3 Å². The summed E-state index contributed by atoms with van der Waals surface area (Å²) in [5.74, 6) is -0.0314. The molecule has 0 aliphatic rings. The van der Waals surface area contributed by atoms with E-state index in [-0.39, 0.29) is 16.7 Å². The molecule has 146 valence electrons. The van der Waals surface area contributed by atoms with Gasteiger partial charge in [0.2, 0.25) is 0 Å². The van der Waals surface area contributed by atoms with Crippen molar-refractivity contribution in [3.8, 4) is 0 Å². The largest absolute Gasteiger partial charge is 0.351 e. The molecule has 1 amide bonds. The number of hydrogen-bond donors (Lipinski definition) is 2. The van der Waals surface area contributed by atoms with Crippen molar-refractivity contribution in [2.24, 2.45) is 0 Å². The van der Waals surface area contributed by atoms with Crippen LogP contribution in [0.2, 0.25) is 0 Å². The number of benzene rings is 2. The average Bonchev–Trinajstić information content (AvgIpc) is 2.61. The van der Waals surface area contributed by atoms with E-state index in [0.29, 0.717) is 17.8 Å². The molecule has 2 N–H and O–H groups in total. The molecule has 0 aromatic heterocycles. The summed E-state index contributed by atoms with van der Waals surface area (Å²) in [6.45, 7) is 5.28. The molecule has 2 aromatic rings. The van der Waals surface area contributed by atoms with Crippen LogP contribution in [-0.4, -0.2) is 46.4 Å². The Hall–Kier alpha value is -2.38. The second-order valence-electron chi connectivity index (χ2n) is 6.93. The van der Waals surface area contributed by atoms with Crippen LogP contribution in [0.1, 0.15) is 35.7 Å². The Balaban J connectivity index is 2.13. The van der Waals surface area contributed by atoms with Gasteiger partial charge >= 0.3 is 0 Å². The summed E-state index contributed by atoms with van der Waals surface area (Å²) in [5, 5.41) is 2.80. The van der Waals surface area contributed by atoms with Crippen molar-refractivity contribution in [3.63, 3.8) is 0 Å². The zero-order chi connectivity index (χ0) is 20.0. The second-order valence-corrected chi connectivity index (χ2v) is 8.61. The van der Waals surface area contributed by atoms with E-state index < -0.39 is 10.0 Å². The van der Waals surface area contributed by atoms with Crippen LogP contribution in [-0.2, 0) is 10.0 Å². The van der Waals surface area contributed by atoms with Crippen LogP contribution >= 0.6 is 0 Å². The predicted molar refractivity (Wildman–Crippen MR) is 109 cm³/mol. The molecule has 0 saturated heterocycles. The smallest absolute Gasteiger partial charge is 0.261 e. The number of amides is 1. The maximum Gasteiger partial charge on any atom is 0.261 e. The fourth-order valence-electron chi connectivity index (χ4n) is 2.58. The number of nitrogens with one attached hydrogen (secondary N) is 2. The first kappa shape index (κ1) is 20.9. The molecule has 6 nitrogen and oxygen atoms in total. The molecule has 0 aliphatic carbocycles. The summed E-state index contributed by atoms with van der Waals surface area (Å²) in [4.78, 5) is 14.2. The summed E-state index contributed by atoms with van der Waals surface area (Å²) < 4.78 is 28.0. The van der Waals surface area contributed by atoms with Crippen molar-refractivity contribution in [1.82, 2.24) is 10.2 Å². The van der Waals surface area contributed by atoms with Crippen LogP contribution in [0.5, 0.6) is 0 Å². The normalized spacial score (nSPS) is 11.6. The van der Waals surface area contributed by atoms with Gasteiger partial charge in [0, 0.05) is 18.7 Å². The predicted octanol–water partition coefficient (Wildman–Crippen LogP) is 2.90. The van der Waals surface area contributed by atoms with E-state index >= 15 is 0 Å². The summed E-state index contributed by atoms with van der Waals surface area (Å²) >= 11 is 0. The standard InChI is InChI=1S/C20H27N3O3S/c1-15(2)18-7-5-6-8-19(18)22-27(25,26)17-11-9-16(10-12-17)20(24)21-13-14-23(3)4/h5-12,15,22H,13-14H2,1-4H3,(H,21,24). The molecule has 7 heteroatoms. The Morgan fingerprint density at radius 1 is 1.04 bits per heavy atom. The maximum atomic E-state index is 12.7. The summed E-state index contributed by atoms with van der Waals surface area (Å²) in [7, 11) is 0.125. The Morgan fingerprint density at radius 3 is 2.26 bits per heavy atom. The first-order valence-electron chi connectivity index (χ1n) is 8.85. The molecular formula is C20H27N3O3S. The van der Waals surface area contributed by atoms with Gasteiger partial charge in [-0.1, -0.05) is 32.0 Å². The van der Waals surface area contributed by atoms with Crippen molar-refractivity contribution < 1.29 is 13.2 Å². The molecule has 0 saturated carbocycles. The lowest BCUT2D eigenvalue weighted by molar-refractivity contribution is 0.0951. The molecule has 0 heterocycles. The summed E-state index contributed by atoms with van der Waals surface area (Å²) in [6.07, 6.45) is 0. The first-order valence-corrected chi connectivity index (χ1v) is 10.3. The van der Waals surface area contributed by atoms with Crippen molar-refractivity contribution in [1.29, 1.82) is 0 Å². The van der Waals surface area contributed by atoms with Gasteiger partial charge in [0.15, 0.2) is 0 Å². The van der Waals surface area contributed by atoms with E-state index in [2.05, 4.69) is 10.0 Å². The molecule has 2 aromatic carbocycles. The SMILES string of the molecule is CC(C)c1ccccc1NS(=O)(=O)c1ccc(C(=O)NCCN(C)C)cc1. The van der Waals surface area contributed by atoms with E-state index in [1.54, 1.807) is 12.1 Å². The van der Waals surface area contributed by atoms with Crippen LogP contribution in [0, 0.1) is 0 Å². The lowest BCUT2D eigenvalue weighted by Gasteiger charge is -2.15. The second kappa shape index (κ2) is 9.01. The van der Waals surface area contributed by atoms with Gasteiger partial charge in [-0.3, -0.25) is 9.52 Å². The minimum atomic E-state index is -3.73. The van der Waals surface area contributed by atoms with Crippen LogP contribution in [0.4, 0.5) is 5.69 Å². The first-order chi connectivity index (χ1) is 12.7. The molecule has 2 rings (SSSR count). The molecule has 0 radical (unpaired) electrons. The van der Waals surface area contributed by atoms with Crippen molar-refractivity contribution in [2.45, 2.75) is 24.7 Å².